The van der Waals surface area contributed by atoms with Crippen molar-refractivity contribution in [3.63, 3.8) is 0 Å². The number of para-hydroxylation sites is 1. The summed E-state index contributed by atoms with van der Waals surface area (Å²) in [6, 6.07) is 11.4. The quantitative estimate of drug-likeness (QED) is 0.515. The van der Waals surface area contributed by atoms with Gasteiger partial charge in [-0.2, -0.15) is 0 Å². The van der Waals surface area contributed by atoms with Crippen molar-refractivity contribution in [2.75, 3.05) is 6.61 Å². The minimum Gasteiger partial charge on any atom is -0.457 e. The Bertz CT molecular complexity index is 1290. The molecule has 1 atom stereocenters. The van der Waals surface area contributed by atoms with E-state index < -0.39 is 24.1 Å². The molecule has 5 rings (SSSR count). The highest BCUT2D eigenvalue weighted by molar-refractivity contribution is 5.88. The number of hydrogen-bond acceptors (Lipinski definition) is 7. The second kappa shape index (κ2) is 6.50. The largest absolute Gasteiger partial charge is 0.457 e. The Morgan fingerprint density at radius 3 is 2.87 bits per heavy atom. The number of carbonyl (C=O) groups excluding carboxylic acids is 2. The molecule has 0 saturated carbocycles. The van der Waals surface area contributed by atoms with E-state index >= 15 is 0 Å². The maximum Gasteiger partial charge on any atom is 0.355 e. The van der Waals surface area contributed by atoms with Crippen LogP contribution in [0.15, 0.2) is 41.2 Å². The first kappa shape index (κ1) is 18.5. The number of fused-ring (bicyclic) bond motifs is 5. The first-order valence-electron chi connectivity index (χ1n) is 9.64. The predicted octanol–water partition coefficient (Wildman–Crippen LogP) is 1.62. The Kier molecular flexibility index (Phi) is 4.01. The van der Waals surface area contributed by atoms with E-state index in [1.807, 2.05) is 30.3 Å². The van der Waals surface area contributed by atoms with Gasteiger partial charge in [0.15, 0.2) is 0 Å². The lowest BCUT2D eigenvalue weighted by Gasteiger charge is -2.35. The van der Waals surface area contributed by atoms with E-state index in [0.717, 1.165) is 16.5 Å². The zero-order chi connectivity index (χ0) is 21.0. The second-order valence-electron chi connectivity index (χ2n) is 7.39. The number of carbonyl (C=O) groups is 2. The molecule has 2 aliphatic heterocycles. The molecule has 4 heterocycles. The summed E-state index contributed by atoms with van der Waals surface area (Å²) in [6.45, 7) is 0.936. The van der Waals surface area contributed by atoms with Crippen LogP contribution in [0.4, 0.5) is 0 Å². The highest BCUT2D eigenvalue weighted by atomic mass is 16.6. The van der Waals surface area contributed by atoms with Crippen LogP contribution < -0.4 is 5.56 Å². The number of cyclic esters (lactones) is 1. The van der Waals surface area contributed by atoms with E-state index in [0.29, 0.717) is 23.5 Å². The minimum atomic E-state index is -1.78. The van der Waals surface area contributed by atoms with Crippen molar-refractivity contribution in [1.29, 1.82) is 0 Å². The molecule has 0 saturated heterocycles. The zero-order valence-electron chi connectivity index (χ0n) is 16.2. The summed E-state index contributed by atoms with van der Waals surface area (Å²) in [5.74, 6) is -1.72. The highest BCUT2D eigenvalue weighted by Gasteiger charge is 2.50. The van der Waals surface area contributed by atoms with Crippen LogP contribution in [0.2, 0.25) is 0 Å². The van der Waals surface area contributed by atoms with Crippen molar-refractivity contribution in [2.24, 2.45) is 0 Å². The summed E-state index contributed by atoms with van der Waals surface area (Å²) >= 11 is 0. The highest BCUT2D eigenvalue weighted by Crippen LogP contribution is 2.40. The van der Waals surface area contributed by atoms with Crippen molar-refractivity contribution in [3.8, 4) is 11.4 Å². The number of rotatable bonds is 3. The normalized spacial score (nSPS) is 19.1. The van der Waals surface area contributed by atoms with Crippen LogP contribution in [0.5, 0.6) is 0 Å². The van der Waals surface area contributed by atoms with Crippen LogP contribution >= 0.6 is 0 Å². The van der Waals surface area contributed by atoms with Gasteiger partial charge in [-0.05, 0) is 24.6 Å². The van der Waals surface area contributed by atoms with Crippen molar-refractivity contribution in [2.45, 2.75) is 32.1 Å². The number of nitrogens with zero attached hydrogens (tertiary/aromatic N) is 2. The van der Waals surface area contributed by atoms with E-state index in [-0.39, 0.29) is 24.2 Å². The van der Waals surface area contributed by atoms with E-state index in [9.17, 15) is 14.4 Å². The summed E-state index contributed by atoms with van der Waals surface area (Å²) < 4.78 is 12.2. The van der Waals surface area contributed by atoms with Gasteiger partial charge in [-0.1, -0.05) is 25.1 Å². The van der Waals surface area contributed by atoms with E-state index in [2.05, 4.69) is 0 Å². The second-order valence-corrected chi connectivity index (χ2v) is 7.39. The average molecular weight is 406 g/mol. The van der Waals surface area contributed by atoms with Gasteiger partial charge in [0.25, 0.3) is 5.56 Å². The third kappa shape index (κ3) is 2.43. The number of benzene rings is 1. The molecule has 1 N–H and O–H groups in total. The van der Waals surface area contributed by atoms with Crippen LogP contribution in [-0.4, -0.2) is 33.2 Å². The fourth-order valence-electron chi connectivity index (χ4n) is 4.31. The number of aliphatic hydroxyl groups is 1. The third-order valence-corrected chi connectivity index (χ3v) is 5.80. The van der Waals surface area contributed by atoms with Gasteiger partial charge >= 0.3 is 11.9 Å². The molecular formula is C22H18N2O6. The Balaban J connectivity index is 1.77. The molecule has 0 aliphatic carbocycles. The van der Waals surface area contributed by atoms with Crippen molar-refractivity contribution in [3.05, 3.63) is 63.4 Å². The Morgan fingerprint density at radius 1 is 1.30 bits per heavy atom. The zero-order valence-corrected chi connectivity index (χ0v) is 16.2. The van der Waals surface area contributed by atoms with Crippen LogP contribution in [0, 0.1) is 0 Å². The fourth-order valence-corrected chi connectivity index (χ4v) is 4.31. The first-order valence-corrected chi connectivity index (χ1v) is 9.64. The molecule has 0 radical (unpaired) electrons. The molecule has 8 heteroatoms. The molecule has 2 aromatic heterocycles. The van der Waals surface area contributed by atoms with Crippen LogP contribution in [0.25, 0.3) is 22.3 Å². The SMILES string of the molecule is CC[C@@]1(OC(=O)CO)C(=O)OCc2c1cc1n(c2=O)Cc2cc3ccccc3nc2-1. The molecule has 3 aromatic rings. The van der Waals surface area contributed by atoms with E-state index in [4.69, 9.17) is 19.6 Å². The molecule has 0 spiro atoms. The molecule has 1 aromatic carbocycles. The Morgan fingerprint density at radius 2 is 2.10 bits per heavy atom. The van der Waals surface area contributed by atoms with Gasteiger partial charge in [0, 0.05) is 16.5 Å². The molecule has 0 bridgehead atoms. The van der Waals surface area contributed by atoms with Crippen LogP contribution in [-0.2, 0) is 37.8 Å². The molecular weight excluding hydrogens is 388 g/mol. The van der Waals surface area contributed by atoms with Crippen LogP contribution in [0.1, 0.15) is 30.0 Å². The standard InChI is InChI=1S/C22H18N2O6/c1-2-22(30-18(26)10-25)15-8-17-19-13(7-12-5-3-4-6-16(12)23-19)9-24(17)20(27)14(15)11-29-21(22)28/h3-8,25H,2,9-11H2,1H3/t22-/m0/s1. The van der Waals surface area contributed by atoms with Crippen LogP contribution in [0.3, 0.4) is 0 Å². The smallest absolute Gasteiger partial charge is 0.355 e. The number of aromatic nitrogens is 2. The fraction of sp³-hybridized carbons (Fsp3) is 0.273. The number of pyridine rings is 2. The predicted molar refractivity (Wildman–Crippen MR) is 105 cm³/mol. The Labute approximate surface area is 170 Å². The summed E-state index contributed by atoms with van der Waals surface area (Å²) in [6.07, 6.45) is 0.0610. The van der Waals surface area contributed by atoms with Gasteiger partial charge in [-0.3, -0.25) is 4.79 Å². The molecule has 0 fully saturated rings. The summed E-state index contributed by atoms with van der Waals surface area (Å²) in [4.78, 5) is 42.6. The summed E-state index contributed by atoms with van der Waals surface area (Å²) in [5, 5.41) is 10.1. The number of hydrogen-bond donors (Lipinski definition) is 1. The van der Waals surface area contributed by atoms with Gasteiger partial charge in [-0.15, -0.1) is 0 Å². The lowest BCUT2D eigenvalue weighted by atomic mass is 9.85. The Hall–Kier alpha value is -3.52. The molecule has 30 heavy (non-hydrogen) atoms. The lowest BCUT2D eigenvalue weighted by Crippen LogP contribution is -2.47. The van der Waals surface area contributed by atoms with Crippen molar-refractivity contribution < 1.29 is 24.2 Å². The van der Waals surface area contributed by atoms with E-state index in [1.165, 1.54) is 0 Å². The number of esters is 2. The minimum absolute atomic E-state index is 0.0610. The van der Waals surface area contributed by atoms with Crippen molar-refractivity contribution >= 4 is 22.8 Å². The summed E-state index contributed by atoms with van der Waals surface area (Å²) in [5.41, 5.74) is 1.39. The molecule has 0 amide bonds. The van der Waals surface area contributed by atoms with Gasteiger partial charge in [0.2, 0.25) is 5.60 Å². The monoisotopic (exact) mass is 406 g/mol. The number of aliphatic hydroxyl groups excluding tert-OH is 1. The van der Waals surface area contributed by atoms with E-state index in [1.54, 1.807) is 17.6 Å². The molecule has 8 nitrogen and oxygen atoms in total. The molecule has 0 unspecified atom stereocenters. The maximum absolute atomic E-state index is 13.3. The number of ether oxygens (including phenoxy) is 2. The van der Waals surface area contributed by atoms with Gasteiger partial charge < -0.3 is 19.1 Å². The van der Waals surface area contributed by atoms with Gasteiger partial charge in [-0.25, -0.2) is 14.6 Å². The maximum atomic E-state index is 13.3. The third-order valence-electron chi connectivity index (χ3n) is 5.80. The van der Waals surface area contributed by atoms with Gasteiger partial charge in [0.05, 0.1) is 29.0 Å². The summed E-state index contributed by atoms with van der Waals surface area (Å²) in [7, 11) is 0. The van der Waals surface area contributed by atoms with Gasteiger partial charge in [0.1, 0.15) is 13.2 Å². The lowest BCUT2D eigenvalue weighted by molar-refractivity contribution is -0.191. The first-order chi connectivity index (χ1) is 14.5. The molecule has 152 valence electrons. The molecule has 2 aliphatic rings. The average Bonchev–Trinajstić information content (AvgIpc) is 3.12. The topological polar surface area (TPSA) is 108 Å². The van der Waals surface area contributed by atoms with Crippen molar-refractivity contribution in [1.82, 2.24) is 9.55 Å².